The van der Waals surface area contributed by atoms with Crippen molar-refractivity contribution in [3.63, 3.8) is 0 Å². The molecule has 28 heavy (non-hydrogen) atoms. The third-order valence-corrected chi connectivity index (χ3v) is 6.46. The number of hydrogen-bond acceptors (Lipinski definition) is 4. The molecular weight excluding hydrogens is 389 g/mol. The summed E-state index contributed by atoms with van der Waals surface area (Å²) in [7, 11) is 1.29. The molecule has 0 spiro atoms. The number of alkyl halides is 3. The van der Waals surface area contributed by atoms with E-state index in [1.54, 1.807) is 6.26 Å². The summed E-state index contributed by atoms with van der Waals surface area (Å²) in [6.45, 7) is 0. The van der Waals surface area contributed by atoms with Gasteiger partial charge in [-0.2, -0.15) is 13.2 Å². The molecule has 1 aromatic rings. The van der Waals surface area contributed by atoms with Crippen molar-refractivity contribution in [1.29, 1.82) is 0 Å². The maximum Gasteiger partial charge on any atom is 0.416 e. The summed E-state index contributed by atoms with van der Waals surface area (Å²) in [4.78, 5) is 13.3. The van der Waals surface area contributed by atoms with E-state index in [1.165, 1.54) is 26.4 Å². The standard InChI is InChI=1S/C20H27F3N2O2S/c1-27-16-10-12(20(21,22)23)11-17(28-2)18(16)19(26)25-15-9-4-3-8-14(15)24-13-6-5-7-13/h10-11,13-15,24H,3-9H2,1-2H3,(H,25,26)/t14-,15+/m0/s1. The number of carbonyl (C=O) groups excluding carboxylic acids is 1. The molecule has 8 heteroatoms. The summed E-state index contributed by atoms with van der Waals surface area (Å²) in [5.74, 6) is -0.418. The average Bonchev–Trinajstić information content (AvgIpc) is 2.63. The third kappa shape index (κ3) is 4.76. The van der Waals surface area contributed by atoms with Crippen molar-refractivity contribution in [2.24, 2.45) is 0 Å². The predicted molar refractivity (Wildman–Crippen MR) is 104 cm³/mol. The van der Waals surface area contributed by atoms with Crippen LogP contribution in [-0.4, -0.2) is 37.4 Å². The Hall–Kier alpha value is -1.41. The lowest BCUT2D eigenvalue weighted by Crippen LogP contribution is -2.55. The second-order valence-electron chi connectivity index (χ2n) is 7.52. The van der Waals surface area contributed by atoms with Gasteiger partial charge < -0.3 is 15.4 Å². The Morgan fingerprint density at radius 1 is 1.11 bits per heavy atom. The lowest BCUT2D eigenvalue weighted by molar-refractivity contribution is -0.137. The summed E-state index contributed by atoms with van der Waals surface area (Å²) in [6.07, 6.45) is 4.77. The first kappa shape index (κ1) is 21.3. The van der Waals surface area contributed by atoms with Crippen molar-refractivity contribution in [2.45, 2.75) is 74.1 Å². The van der Waals surface area contributed by atoms with Crippen molar-refractivity contribution in [3.05, 3.63) is 23.3 Å². The number of ether oxygens (including phenoxy) is 1. The molecule has 1 aromatic carbocycles. The summed E-state index contributed by atoms with van der Waals surface area (Å²) in [6, 6.07) is 2.63. The molecule has 0 heterocycles. The summed E-state index contributed by atoms with van der Waals surface area (Å²) in [5.41, 5.74) is -0.636. The first-order valence-electron chi connectivity index (χ1n) is 9.73. The van der Waals surface area contributed by atoms with Gasteiger partial charge in [0, 0.05) is 23.0 Å². The quantitative estimate of drug-likeness (QED) is 0.665. The third-order valence-electron chi connectivity index (χ3n) is 5.70. The zero-order valence-electron chi connectivity index (χ0n) is 16.2. The lowest BCUT2D eigenvalue weighted by Gasteiger charge is -2.38. The zero-order chi connectivity index (χ0) is 20.3. The van der Waals surface area contributed by atoms with Gasteiger partial charge >= 0.3 is 6.18 Å². The number of hydrogen-bond donors (Lipinski definition) is 2. The van der Waals surface area contributed by atoms with Gasteiger partial charge in [-0.15, -0.1) is 11.8 Å². The number of nitrogens with one attached hydrogen (secondary N) is 2. The van der Waals surface area contributed by atoms with Crippen LogP contribution >= 0.6 is 11.8 Å². The summed E-state index contributed by atoms with van der Waals surface area (Å²) >= 11 is 1.11. The molecule has 2 aliphatic rings. The number of thioether (sulfide) groups is 1. The predicted octanol–water partition coefficient (Wildman–Crippen LogP) is 4.62. The van der Waals surface area contributed by atoms with Crippen LogP contribution in [0.5, 0.6) is 5.75 Å². The van der Waals surface area contributed by atoms with Crippen molar-refractivity contribution >= 4 is 17.7 Å². The van der Waals surface area contributed by atoms with Gasteiger partial charge in [0.25, 0.3) is 5.91 Å². The molecule has 2 saturated carbocycles. The van der Waals surface area contributed by atoms with E-state index in [2.05, 4.69) is 10.6 Å². The molecule has 0 radical (unpaired) electrons. The molecule has 2 fully saturated rings. The number of methoxy groups -OCH3 is 1. The molecule has 0 bridgehead atoms. The van der Waals surface area contributed by atoms with Crippen molar-refractivity contribution in [3.8, 4) is 5.75 Å². The van der Waals surface area contributed by atoms with Crippen molar-refractivity contribution < 1.29 is 22.7 Å². The van der Waals surface area contributed by atoms with E-state index in [4.69, 9.17) is 4.74 Å². The van der Waals surface area contributed by atoms with Gasteiger partial charge in [0.1, 0.15) is 5.75 Å². The van der Waals surface area contributed by atoms with Crippen LogP contribution in [0.3, 0.4) is 0 Å². The van der Waals surface area contributed by atoms with Gasteiger partial charge in [-0.3, -0.25) is 4.79 Å². The monoisotopic (exact) mass is 416 g/mol. The fraction of sp³-hybridized carbons (Fsp3) is 0.650. The van der Waals surface area contributed by atoms with E-state index in [0.717, 1.165) is 49.6 Å². The van der Waals surface area contributed by atoms with Gasteiger partial charge in [0.05, 0.1) is 18.2 Å². The van der Waals surface area contributed by atoms with Gasteiger partial charge in [0.15, 0.2) is 0 Å². The Morgan fingerprint density at radius 3 is 2.32 bits per heavy atom. The van der Waals surface area contributed by atoms with Gasteiger partial charge in [-0.25, -0.2) is 0 Å². The van der Waals surface area contributed by atoms with Crippen LogP contribution in [0, 0.1) is 0 Å². The number of carbonyl (C=O) groups is 1. The molecule has 2 N–H and O–H groups in total. The fourth-order valence-corrected chi connectivity index (χ4v) is 4.56. The van der Waals surface area contributed by atoms with Crippen LogP contribution in [0.1, 0.15) is 60.9 Å². The van der Waals surface area contributed by atoms with Crippen molar-refractivity contribution in [1.82, 2.24) is 10.6 Å². The molecule has 0 aromatic heterocycles. The van der Waals surface area contributed by atoms with Crippen LogP contribution in [0.2, 0.25) is 0 Å². The average molecular weight is 417 g/mol. The lowest BCUT2D eigenvalue weighted by atomic mass is 9.86. The maximum atomic E-state index is 13.2. The second kappa shape index (κ2) is 8.95. The highest BCUT2D eigenvalue weighted by molar-refractivity contribution is 7.98. The molecule has 0 aliphatic heterocycles. The molecule has 3 rings (SSSR count). The van der Waals surface area contributed by atoms with Crippen LogP contribution in [0.15, 0.2) is 17.0 Å². The number of benzene rings is 1. The highest BCUT2D eigenvalue weighted by atomic mass is 32.2. The van der Waals surface area contributed by atoms with Crippen LogP contribution in [0.25, 0.3) is 0 Å². The topological polar surface area (TPSA) is 50.4 Å². The molecular formula is C20H27F3N2O2S. The summed E-state index contributed by atoms with van der Waals surface area (Å²) in [5, 5.41) is 6.72. The first-order chi connectivity index (χ1) is 13.3. The maximum absolute atomic E-state index is 13.2. The second-order valence-corrected chi connectivity index (χ2v) is 8.37. The molecule has 1 amide bonds. The number of rotatable bonds is 6. The molecule has 4 nitrogen and oxygen atoms in total. The Kier molecular flexibility index (Phi) is 6.81. The zero-order valence-corrected chi connectivity index (χ0v) is 17.0. The van der Waals surface area contributed by atoms with E-state index < -0.39 is 11.7 Å². The Bertz CT molecular complexity index is 682. The highest BCUT2D eigenvalue weighted by Crippen LogP contribution is 2.38. The minimum absolute atomic E-state index is 0.0245. The van der Waals surface area contributed by atoms with E-state index in [1.807, 2.05) is 0 Å². The Balaban J connectivity index is 1.82. The first-order valence-corrected chi connectivity index (χ1v) is 11.0. The van der Waals surface area contributed by atoms with Crippen LogP contribution < -0.4 is 15.4 Å². The Morgan fingerprint density at radius 2 is 1.79 bits per heavy atom. The normalized spacial score (nSPS) is 23.2. The van der Waals surface area contributed by atoms with E-state index in [-0.39, 0.29) is 34.2 Å². The molecule has 2 atom stereocenters. The molecule has 0 unspecified atom stereocenters. The molecule has 156 valence electrons. The smallest absolute Gasteiger partial charge is 0.416 e. The minimum Gasteiger partial charge on any atom is -0.496 e. The molecule has 2 aliphatic carbocycles. The van der Waals surface area contributed by atoms with Crippen LogP contribution in [0.4, 0.5) is 13.2 Å². The van der Waals surface area contributed by atoms with Gasteiger partial charge in [-0.05, 0) is 44.1 Å². The van der Waals surface area contributed by atoms with E-state index >= 15 is 0 Å². The van der Waals surface area contributed by atoms with E-state index in [9.17, 15) is 18.0 Å². The summed E-state index contributed by atoms with van der Waals surface area (Å²) < 4.78 is 44.7. The van der Waals surface area contributed by atoms with Gasteiger partial charge in [-0.1, -0.05) is 19.3 Å². The minimum atomic E-state index is -4.49. The fourth-order valence-electron chi connectivity index (χ4n) is 3.92. The SMILES string of the molecule is COc1cc(C(F)(F)F)cc(SC)c1C(=O)N[C@@H]1CCCC[C@@H]1NC1CCC1. The largest absolute Gasteiger partial charge is 0.496 e. The molecule has 0 saturated heterocycles. The van der Waals surface area contributed by atoms with Gasteiger partial charge in [0.2, 0.25) is 0 Å². The van der Waals surface area contributed by atoms with E-state index in [0.29, 0.717) is 6.04 Å². The van der Waals surface area contributed by atoms with Crippen molar-refractivity contribution in [2.75, 3.05) is 13.4 Å². The number of amides is 1. The Labute approximate surface area is 168 Å². The number of halogens is 3. The highest BCUT2D eigenvalue weighted by Gasteiger charge is 2.35. The van der Waals surface area contributed by atoms with Crippen LogP contribution in [-0.2, 0) is 6.18 Å².